The Morgan fingerprint density at radius 2 is 2.29 bits per heavy atom. The van der Waals surface area contributed by atoms with Crippen molar-refractivity contribution >= 4 is 29.2 Å². The molecule has 7 nitrogen and oxygen atoms in total. The van der Waals surface area contributed by atoms with Gasteiger partial charge in [0, 0.05) is 25.3 Å². The summed E-state index contributed by atoms with van der Waals surface area (Å²) < 4.78 is 5.46. The summed E-state index contributed by atoms with van der Waals surface area (Å²) >= 11 is 5.08. The van der Waals surface area contributed by atoms with Crippen molar-refractivity contribution in [2.45, 2.75) is 18.9 Å². The number of ether oxygens (including phenoxy) is 1. The second kappa shape index (κ2) is 7.65. The van der Waals surface area contributed by atoms with Crippen LogP contribution in [0.15, 0.2) is 29.4 Å². The molecular formula is C13H16N4O3S. The Labute approximate surface area is 127 Å². The van der Waals surface area contributed by atoms with Crippen LogP contribution in [0.3, 0.4) is 0 Å². The normalized spacial score (nSPS) is 17.8. The molecule has 0 bridgehead atoms. The Hall–Kier alpha value is -2.06. The summed E-state index contributed by atoms with van der Waals surface area (Å²) in [4.78, 5) is 10.1. The highest BCUT2D eigenvalue weighted by Crippen LogP contribution is 2.11. The molecule has 0 saturated carbocycles. The summed E-state index contributed by atoms with van der Waals surface area (Å²) in [6.07, 6.45) is 3.89. The highest BCUT2D eigenvalue weighted by molar-refractivity contribution is 7.80. The first-order chi connectivity index (χ1) is 10.1. The number of hydrogen-bond acceptors (Lipinski definition) is 5. The summed E-state index contributed by atoms with van der Waals surface area (Å²) in [6.45, 7) is 1.48. The van der Waals surface area contributed by atoms with Gasteiger partial charge in [-0.2, -0.15) is 5.10 Å². The predicted molar refractivity (Wildman–Crippen MR) is 83.4 cm³/mol. The van der Waals surface area contributed by atoms with Crippen molar-refractivity contribution in [1.82, 2.24) is 10.7 Å². The molecule has 8 heteroatoms. The van der Waals surface area contributed by atoms with Gasteiger partial charge in [-0.25, -0.2) is 0 Å². The van der Waals surface area contributed by atoms with Crippen molar-refractivity contribution in [2.24, 2.45) is 5.10 Å². The van der Waals surface area contributed by atoms with Crippen molar-refractivity contribution in [1.29, 1.82) is 0 Å². The quantitative estimate of drug-likeness (QED) is 0.371. The second-order valence-corrected chi connectivity index (χ2v) is 4.97. The molecule has 2 N–H and O–H groups in total. The SMILES string of the molecule is O=[N+]([O-])c1ccc(C=NNC(=S)NCC2CCCO2)cc1. The molecule has 1 saturated heterocycles. The van der Waals surface area contributed by atoms with Gasteiger partial charge in [0.2, 0.25) is 0 Å². The summed E-state index contributed by atoms with van der Waals surface area (Å²) in [6, 6.07) is 6.09. The lowest BCUT2D eigenvalue weighted by molar-refractivity contribution is -0.384. The van der Waals surface area contributed by atoms with Crippen LogP contribution in [0.1, 0.15) is 18.4 Å². The fourth-order valence-electron chi connectivity index (χ4n) is 1.90. The third kappa shape index (κ3) is 5.09. The minimum atomic E-state index is -0.441. The van der Waals surface area contributed by atoms with Gasteiger partial charge in [-0.05, 0) is 42.8 Å². The van der Waals surface area contributed by atoms with E-state index < -0.39 is 4.92 Å². The van der Waals surface area contributed by atoms with Gasteiger partial charge in [-0.1, -0.05) is 0 Å². The zero-order valence-electron chi connectivity index (χ0n) is 11.3. The maximum Gasteiger partial charge on any atom is 0.269 e. The van der Waals surface area contributed by atoms with E-state index in [1.165, 1.54) is 12.1 Å². The largest absolute Gasteiger partial charge is 0.376 e. The number of nitrogens with one attached hydrogen (secondary N) is 2. The molecule has 1 atom stereocenters. The molecule has 21 heavy (non-hydrogen) atoms. The summed E-state index contributed by atoms with van der Waals surface area (Å²) in [5, 5.41) is 17.9. The predicted octanol–water partition coefficient (Wildman–Crippen LogP) is 1.57. The Kier molecular flexibility index (Phi) is 5.59. The van der Waals surface area contributed by atoms with Gasteiger partial charge in [-0.15, -0.1) is 0 Å². The summed E-state index contributed by atoms with van der Waals surface area (Å²) in [7, 11) is 0. The van der Waals surface area contributed by atoms with Crippen molar-refractivity contribution in [3.05, 3.63) is 39.9 Å². The number of benzene rings is 1. The van der Waals surface area contributed by atoms with Crippen LogP contribution in [0.2, 0.25) is 0 Å². The van der Waals surface area contributed by atoms with Crippen LogP contribution in [0.4, 0.5) is 5.69 Å². The standard InChI is InChI=1S/C13H16N4O3S/c18-17(19)11-5-3-10(4-6-11)8-15-16-13(21)14-9-12-2-1-7-20-12/h3-6,8,12H,1-2,7,9H2,(H2,14,16,21). The van der Waals surface area contributed by atoms with E-state index in [-0.39, 0.29) is 11.8 Å². The van der Waals surface area contributed by atoms with Gasteiger partial charge < -0.3 is 10.1 Å². The molecule has 0 radical (unpaired) electrons. The molecule has 0 spiro atoms. The van der Waals surface area contributed by atoms with Crippen molar-refractivity contribution in [3.8, 4) is 0 Å². The van der Waals surface area contributed by atoms with Crippen molar-refractivity contribution < 1.29 is 9.66 Å². The Bertz CT molecular complexity index is 527. The van der Waals surface area contributed by atoms with Crippen LogP contribution in [-0.4, -0.2) is 35.5 Å². The van der Waals surface area contributed by atoms with Gasteiger partial charge in [0.15, 0.2) is 5.11 Å². The van der Waals surface area contributed by atoms with E-state index in [1.807, 2.05) is 0 Å². The highest BCUT2D eigenvalue weighted by Gasteiger charge is 2.14. The average molecular weight is 308 g/mol. The number of rotatable bonds is 5. The van der Waals surface area contributed by atoms with Crippen LogP contribution in [0.5, 0.6) is 0 Å². The molecule has 1 fully saturated rings. The molecule has 2 rings (SSSR count). The number of nitro benzene ring substituents is 1. The maximum atomic E-state index is 10.5. The molecule has 1 aliphatic rings. The molecule has 1 aliphatic heterocycles. The molecule has 1 aromatic rings. The molecule has 0 amide bonds. The van der Waals surface area contributed by atoms with E-state index in [4.69, 9.17) is 17.0 Å². The minimum Gasteiger partial charge on any atom is -0.376 e. The molecule has 0 aliphatic carbocycles. The number of hydrazone groups is 1. The molecule has 1 aromatic carbocycles. The lowest BCUT2D eigenvalue weighted by Crippen LogP contribution is -2.37. The Balaban J connectivity index is 1.73. The number of nitro groups is 1. The smallest absolute Gasteiger partial charge is 0.269 e. The van der Waals surface area contributed by atoms with E-state index in [9.17, 15) is 10.1 Å². The van der Waals surface area contributed by atoms with Crippen LogP contribution in [0, 0.1) is 10.1 Å². The topological polar surface area (TPSA) is 88.8 Å². The van der Waals surface area contributed by atoms with Gasteiger partial charge in [0.1, 0.15) is 0 Å². The third-order valence-corrected chi connectivity index (χ3v) is 3.23. The van der Waals surface area contributed by atoms with E-state index in [2.05, 4.69) is 15.8 Å². The zero-order chi connectivity index (χ0) is 15.1. The fourth-order valence-corrected chi connectivity index (χ4v) is 2.03. The van der Waals surface area contributed by atoms with Crippen LogP contribution in [-0.2, 0) is 4.74 Å². The lowest BCUT2D eigenvalue weighted by Gasteiger charge is -2.11. The Morgan fingerprint density at radius 1 is 1.52 bits per heavy atom. The van der Waals surface area contributed by atoms with Gasteiger partial charge in [0.05, 0.1) is 17.2 Å². The number of nitrogens with zero attached hydrogens (tertiary/aromatic N) is 2. The second-order valence-electron chi connectivity index (χ2n) is 4.56. The van der Waals surface area contributed by atoms with E-state index in [0.717, 1.165) is 25.0 Å². The molecule has 1 unspecified atom stereocenters. The van der Waals surface area contributed by atoms with E-state index >= 15 is 0 Å². The lowest BCUT2D eigenvalue weighted by atomic mass is 10.2. The fraction of sp³-hybridized carbons (Fsp3) is 0.385. The van der Waals surface area contributed by atoms with Gasteiger partial charge in [-0.3, -0.25) is 15.5 Å². The number of hydrogen-bond donors (Lipinski definition) is 2. The Morgan fingerprint density at radius 3 is 2.90 bits per heavy atom. The monoisotopic (exact) mass is 308 g/mol. The molecule has 112 valence electrons. The first-order valence-corrected chi connectivity index (χ1v) is 6.99. The molecule has 1 heterocycles. The first-order valence-electron chi connectivity index (χ1n) is 6.58. The molecule has 0 aromatic heterocycles. The summed E-state index contributed by atoms with van der Waals surface area (Å²) in [5.41, 5.74) is 3.49. The van der Waals surface area contributed by atoms with Crippen LogP contribution < -0.4 is 10.7 Å². The van der Waals surface area contributed by atoms with Crippen LogP contribution in [0.25, 0.3) is 0 Å². The van der Waals surface area contributed by atoms with Gasteiger partial charge >= 0.3 is 0 Å². The number of thiocarbonyl (C=S) groups is 1. The summed E-state index contributed by atoms with van der Waals surface area (Å²) in [5.74, 6) is 0. The van der Waals surface area contributed by atoms with Gasteiger partial charge in [0.25, 0.3) is 5.69 Å². The number of non-ortho nitro benzene ring substituents is 1. The maximum absolute atomic E-state index is 10.5. The van der Waals surface area contributed by atoms with Crippen molar-refractivity contribution in [2.75, 3.05) is 13.2 Å². The third-order valence-electron chi connectivity index (χ3n) is 3.00. The van der Waals surface area contributed by atoms with E-state index in [0.29, 0.717) is 11.7 Å². The van der Waals surface area contributed by atoms with Crippen molar-refractivity contribution in [3.63, 3.8) is 0 Å². The first kappa shape index (κ1) is 15.3. The average Bonchev–Trinajstić information content (AvgIpc) is 2.99. The van der Waals surface area contributed by atoms with Crippen LogP contribution >= 0.6 is 12.2 Å². The highest BCUT2D eigenvalue weighted by atomic mass is 32.1. The molecular weight excluding hydrogens is 292 g/mol. The van der Waals surface area contributed by atoms with E-state index in [1.54, 1.807) is 18.3 Å². The minimum absolute atomic E-state index is 0.0499. The zero-order valence-corrected chi connectivity index (χ0v) is 12.1.